The fraction of sp³-hybridized carbons (Fsp3) is 0.545. The normalized spacial score (nSPS) is 21.8. The minimum Gasteiger partial charge on any atom is -0.350 e. The van der Waals surface area contributed by atoms with Gasteiger partial charge in [-0.25, -0.2) is 18.4 Å². The number of rotatable bonds is 4. The van der Waals surface area contributed by atoms with Crippen LogP contribution in [-0.2, 0) is 21.2 Å². The molecule has 0 saturated carbocycles. The number of aromatic nitrogens is 2. The topological polar surface area (TPSA) is 101 Å². The van der Waals surface area contributed by atoms with Crippen molar-refractivity contribution in [1.82, 2.24) is 20.6 Å². The zero-order valence-electron chi connectivity index (χ0n) is 10.4. The third-order valence-electron chi connectivity index (χ3n) is 2.84. The number of amides is 1. The monoisotopic (exact) mass is 284 g/mol. The van der Waals surface area contributed by atoms with E-state index in [9.17, 15) is 13.2 Å². The molecule has 0 spiro atoms. The van der Waals surface area contributed by atoms with Crippen molar-refractivity contribution in [3.63, 3.8) is 0 Å². The second-order valence-electron chi connectivity index (χ2n) is 4.45. The van der Waals surface area contributed by atoms with Gasteiger partial charge in [-0.15, -0.1) is 0 Å². The van der Waals surface area contributed by atoms with Crippen molar-refractivity contribution in [1.29, 1.82) is 0 Å². The summed E-state index contributed by atoms with van der Waals surface area (Å²) in [5.41, 5.74) is 0.715. The molecule has 7 nitrogen and oxygen atoms in total. The number of carbonyl (C=O) groups excluding carboxylic acids is 1. The molecule has 1 atom stereocenters. The van der Waals surface area contributed by atoms with E-state index < -0.39 is 9.84 Å². The third kappa shape index (κ3) is 4.56. The summed E-state index contributed by atoms with van der Waals surface area (Å²) in [5.74, 6) is -0.0202. The summed E-state index contributed by atoms with van der Waals surface area (Å²) < 4.78 is 22.9. The molecule has 1 unspecified atom stereocenters. The molecule has 8 heteroatoms. The highest BCUT2D eigenvalue weighted by molar-refractivity contribution is 7.91. The lowest BCUT2D eigenvalue weighted by Crippen LogP contribution is -2.47. The first kappa shape index (κ1) is 13.9. The predicted molar refractivity (Wildman–Crippen MR) is 68.9 cm³/mol. The van der Waals surface area contributed by atoms with Crippen LogP contribution >= 0.6 is 0 Å². The molecular formula is C11H16N4O3S. The van der Waals surface area contributed by atoms with Crippen molar-refractivity contribution in [3.05, 3.63) is 24.3 Å². The highest BCUT2D eigenvalue weighted by Gasteiger charge is 2.25. The van der Waals surface area contributed by atoms with Gasteiger partial charge in [0.1, 0.15) is 6.33 Å². The molecule has 1 aromatic heterocycles. The molecule has 19 heavy (non-hydrogen) atoms. The SMILES string of the molecule is O=C(CC1CS(=O)(=O)CCN1)NCc1ccncn1. The summed E-state index contributed by atoms with van der Waals surface area (Å²) >= 11 is 0. The van der Waals surface area contributed by atoms with E-state index in [0.717, 1.165) is 0 Å². The molecule has 0 aliphatic carbocycles. The van der Waals surface area contributed by atoms with Crippen molar-refractivity contribution >= 4 is 15.7 Å². The third-order valence-corrected chi connectivity index (χ3v) is 4.58. The van der Waals surface area contributed by atoms with E-state index in [2.05, 4.69) is 20.6 Å². The largest absolute Gasteiger partial charge is 0.350 e. The smallest absolute Gasteiger partial charge is 0.221 e. The van der Waals surface area contributed by atoms with Gasteiger partial charge in [0, 0.05) is 25.2 Å². The molecule has 0 radical (unpaired) electrons. The molecule has 1 fully saturated rings. The first-order chi connectivity index (χ1) is 9.05. The van der Waals surface area contributed by atoms with Crippen LogP contribution in [-0.4, -0.2) is 48.4 Å². The van der Waals surface area contributed by atoms with Gasteiger partial charge in [-0.05, 0) is 6.07 Å². The lowest BCUT2D eigenvalue weighted by molar-refractivity contribution is -0.121. The Morgan fingerprint density at radius 1 is 1.53 bits per heavy atom. The van der Waals surface area contributed by atoms with Gasteiger partial charge in [-0.3, -0.25) is 4.79 Å². The van der Waals surface area contributed by atoms with Crippen LogP contribution in [0.25, 0.3) is 0 Å². The number of carbonyl (C=O) groups is 1. The van der Waals surface area contributed by atoms with Crippen LogP contribution in [0.4, 0.5) is 0 Å². The number of hydrogen-bond acceptors (Lipinski definition) is 6. The Labute approximate surface area is 111 Å². The number of nitrogens with one attached hydrogen (secondary N) is 2. The number of hydrogen-bond donors (Lipinski definition) is 2. The summed E-state index contributed by atoms with van der Waals surface area (Å²) in [4.78, 5) is 19.5. The van der Waals surface area contributed by atoms with Crippen LogP contribution in [0.3, 0.4) is 0 Å². The van der Waals surface area contributed by atoms with Gasteiger partial charge in [0.25, 0.3) is 0 Å². The Bertz CT molecular complexity index is 532. The van der Waals surface area contributed by atoms with Crippen LogP contribution in [0.15, 0.2) is 18.6 Å². The maximum atomic E-state index is 11.7. The first-order valence-electron chi connectivity index (χ1n) is 6.00. The quantitative estimate of drug-likeness (QED) is 0.725. The molecule has 2 rings (SSSR count). The van der Waals surface area contributed by atoms with Crippen molar-refractivity contribution in [2.45, 2.75) is 19.0 Å². The van der Waals surface area contributed by atoms with Gasteiger partial charge in [-0.2, -0.15) is 0 Å². The van der Waals surface area contributed by atoms with Crippen LogP contribution in [0, 0.1) is 0 Å². The Balaban J connectivity index is 1.78. The van der Waals surface area contributed by atoms with Crippen molar-refractivity contribution in [2.24, 2.45) is 0 Å². The first-order valence-corrected chi connectivity index (χ1v) is 7.83. The van der Waals surface area contributed by atoms with Gasteiger partial charge < -0.3 is 10.6 Å². The van der Waals surface area contributed by atoms with Crippen LogP contribution < -0.4 is 10.6 Å². The molecule has 1 amide bonds. The van der Waals surface area contributed by atoms with E-state index in [0.29, 0.717) is 18.8 Å². The predicted octanol–water partition coefficient (Wildman–Crippen LogP) is -1.13. The molecule has 2 heterocycles. The summed E-state index contributed by atoms with van der Waals surface area (Å²) in [5, 5.41) is 5.75. The van der Waals surface area contributed by atoms with E-state index >= 15 is 0 Å². The molecule has 1 saturated heterocycles. The fourth-order valence-electron chi connectivity index (χ4n) is 1.91. The van der Waals surface area contributed by atoms with Gasteiger partial charge >= 0.3 is 0 Å². The number of sulfone groups is 1. The van der Waals surface area contributed by atoms with Crippen molar-refractivity contribution in [2.75, 3.05) is 18.1 Å². The summed E-state index contributed by atoms with van der Waals surface area (Å²) in [6, 6.07) is 1.41. The molecule has 0 bridgehead atoms. The van der Waals surface area contributed by atoms with E-state index in [1.807, 2.05) is 0 Å². The molecule has 104 valence electrons. The van der Waals surface area contributed by atoms with Crippen molar-refractivity contribution < 1.29 is 13.2 Å². The van der Waals surface area contributed by atoms with Crippen molar-refractivity contribution in [3.8, 4) is 0 Å². The van der Waals surface area contributed by atoms with Gasteiger partial charge in [0.05, 0.1) is 23.7 Å². The minimum atomic E-state index is -3.01. The van der Waals surface area contributed by atoms with Gasteiger partial charge in [0.15, 0.2) is 9.84 Å². The van der Waals surface area contributed by atoms with Crippen LogP contribution in [0.1, 0.15) is 12.1 Å². The second kappa shape index (κ2) is 6.07. The maximum absolute atomic E-state index is 11.7. The van der Waals surface area contributed by atoms with E-state index in [4.69, 9.17) is 0 Å². The summed E-state index contributed by atoms with van der Waals surface area (Å²) in [6.45, 7) is 0.729. The second-order valence-corrected chi connectivity index (χ2v) is 6.68. The van der Waals surface area contributed by atoms with E-state index in [1.165, 1.54) is 6.33 Å². The Hall–Kier alpha value is -1.54. The van der Waals surface area contributed by atoms with Crippen LogP contribution in [0.2, 0.25) is 0 Å². The average Bonchev–Trinajstić information content (AvgIpc) is 2.36. The summed E-state index contributed by atoms with van der Waals surface area (Å²) in [6.07, 6.45) is 3.17. The van der Waals surface area contributed by atoms with E-state index in [-0.39, 0.29) is 29.9 Å². The van der Waals surface area contributed by atoms with Gasteiger partial charge in [-0.1, -0.05) is 0 Å². The molecule has 2 N–H and O–H groups in total. The average molecular weight is 284 g/mol. The highest BCUT2D eigenvalue weighted by Crippen LogP contribution is 2.05. The lowest BCUT2D eigenvalue weighted by atomic mass is 10.2. The van der Waals surface area contributed by atoms with Crippen LogP contribution in [0.5, 0.6) is 0 Å². The molecule has 0 aromatic carbocycles. The summed E-state index contributed by atoms with van der Waals surface area (Å²) in [7, 11) is -3.01. The molecule has 1 aromatic rings. The molecule has 1 aliphatic heterocycles. The zero-order chi connectivity index (χ0) is 13.7. The zero-order valence-corrected chi connectivity index (χ0v) is 11.2. The molecular weight excluding hydrogens is 268 g/mol. The highest BCUT2D eigenvalue weighted by atomic mass is 32.2. The Morgan fingerprint density at radius 3 is 3.05 bits per heavy atom. The standard InChI is InChI=1S/C11H16N4O3S/c16-11(14-6-9-1-2-12-8-15-9)5-10-7-19(17,18)4-3-13-10/h1-2,8,10,13H,3-7H2,(H,14,16). The maximum Gasteiger partial charge on any atom is 0.221 e. The van der Waals surface area contributed by atoms with E-state index in [1.54, 1.807) is 12.3 Å². The van der Waals surface area contributed by atoms with Gasteiger partial charge in [0.2, 0.25) is 5.91 Å². The number of nitrogens with zero attached hydrogens (tertiary/aromatic N) is 2. The molecule has 1 aliphatic rings. The lowest BCUT2D eigenvalue weighted by Gasteiger charge is -2.23. The Kier molecular flexibility index (Phi) is 4.43. The minimum absolute atomic E-state index is 0.0218. The Morgan fingerprint density at radius 2 is 2.37 bits per heavy atom. The fourth-order valence-corrected chi connectivity index (χ4v) is 3.35.